The highest BCUT2D eigenvalue weighted by Crippen LogP contribution is 2.31. The summed E-state index contributed by atoms with van der Waals surface area (Å²) in [5, 5.41) is 22.0. The number of nitrogens with one attached hydrogen (secondary N) is 2. The van der Waals surface area contributed by atoms with Crippen LogP contribution in [-0.2, 0) is 13.0 Å². The lowest BCUT2D eigenvalue weighted by Crippen LogP contribution is -2.40. The van der Waals surface area contributed by atoms with E-state index in [4.69, 9.17) is 16.7 Å². The number of nitrogens with zero attached hydrogens (tertiary/aromatic N) is 1. The maximum atomic E-state index is 13.4. The van der Waals surface area contributed by atoms with Crippen molar-refractivity contribution in [2.24, 2.45) is 5.92 Å². The lowest BCUT2D eigenvalue weighted by atomic mass is 9.96. The van der Waals surface area contributed by atoms with Crippen LogP contribution in [0.5, 0.6) is 5.75 Å². The van der Waals surface area contributed by atoms with E-state index in [9.17, 15) is 23.9 Å². The van der Waals surface area contributed by atoms with Gasteiger partial charge in [-0.15, -0.1) is 0 Å². The number of rotatable bonds is 5. The molecule has 8 nitrogen and oxygen atoms in total. The normalized spacial score (nSPS) is 20.1. The van der Waals surface area contributed by atoms with Gasteiger partial charge >= 0.3 is 0 Å². The van der Waals surface area contributed by atoms with Crippen LogP contribution in [0.2, 0.25) is 5.02 Å². The molecule has 2 atom stereocenters. The minimum absolute atomic E-state index is 0.0201. The molecule has 4 N–H and O–H groups in total. The van der Waals surface area contributed by atoms with E-state index in [0.717, 1.165) is 0 Å². The predicted octanol–water partition coefficient (Wildman–Crippen LogP) is 1.18. The molecule has 1 aliphatic carbocycles. The third-order valence-corrected chi connectivity index (χ3v) is 5.77. The van der Waals surface area contributed by atoms with E-state index in [0.29, 0.717) is 12.0 Å². The number of aromatic amines is 1. The summed E-state index contributed by atoms with van der Waals surface area (Å²) >= 11 is 5.79. The molecule has 10 heteroatoms. The average Bonchev–Trinajstić information content (AvgIpc) is 3.47. The van der Waals surface area contributed by atoms with Gasteiger partial charge in [-0.1, -0.05) is 17.7 Å². The van der Waals surface area contributed by atoms with Gasteiger partial charge in [-0.3, -0.25) is 14.4 Å². The van der Waals surface area contributed by atoms with Crippen LogP contribution in [0.4, 0.5) is 4.39 Å². The molecular formula is C20H19ClFN3O5. The molecule has 1 aromatic carbocycles. The summed E-state index contributed by atoms with van der Waals surface area (Å²) in [5.74, 6) is -2.50. The second kappa shape index (κ2) is 7.73. The number of amides is 2. The summed E-state index contributed by atoms with van der Waals surface area (Å²) in [7, 11) is 0. The highest BCUT2D eigenvalue weighted by molar-refractivity contribution is 6.30. The molecule has 2 heterocycles. The zero-order valence-electron chi connectivity index (χ0n) is 15.7. The summed E-state index contributed by atoms with van der Waals surface area (Å²) < 4.78 is 13.4. The van der Waals surface area contributed by atoms with Crippen molar-refractivity contribution in [2.75, 3.05) is 13.2 Å². The number of halogens is 2. The Morgan fingerprint density at radius 2 is 2.13 bits per heavy atom. The molecule has 4 rings (SSSR count). The Bertz CT molecular complexity index is 1100. The van der Waals surface area contributed by atoms with Crippen molar-refractivity contribution in [1.82, 2.24) is 15.2 Å². The van der Waals surface area contributed by atoms with Crippen molar-refractivity contribution in [1.29, 1.82) is 0 Å². The Hall–Kier alpha value is -2.91. The van der Waals surface area contributed by atoms with Crippen LogP contribution in [0.3, 0.4) is 0 Å². The SMILES string of the molecule is O=C(N[C@@H]1C[C@@H]1CO)c1[nH]c(=O)c(O)c2c1CCN(Cc1ccc(F)c(Cl)c1)C2=O. The van der Waals surface area contributed by atoms with Crippen molar-refractivity contribution in [3.8, 4) is 5.75 Å². The number of carbonyl (C=O) groups is 2. The van der Waals surface area contributed by atoms with Crippen molar-refractivity contribution in [2.45, 2.75) is 25.4 Å². The Morgan fingerprint density at radius 3 is 2.80 bits per heavy atom. The van der Waals surface area contributed by atoms with Gasteiger partial charge in [-0.25, -0.2) is 4.39 Å². The second-order valence-corrected chi connectivity index (χ2v) is 7.92. The molecule has 2 amide bonds. The molecule has 2 aromatic rings. The summed E-state index contributed by atoms with van der Waals surface area (Å²) in [6.45, 7) is 0.289. The molecule has 30 heavy (non-hydrogen) atoms. The van der Waals surface area contributed by atoms with Crippen LogP contribution in [0.1, 0.15) is 38.4 Å². The highest BCUT2D eigenvalue weighted by Gasteiger charge is 2.39. The van der Waals surface area contributed by atoms with Gasteiger partial charge in [0.1, 0.15) is 11.5 Å². The lowest BCUT2D eigenvalue weighted by Gasteiger charge is -2.30. The minimum atomic E-state index is -0.937. The molecule has 158 valence electrons. The first-order valence-electron chi connectivity index (χ1n) is 9.43. The predicted molar refractivity (Wildman–Crippen MR) is 105 cm³/mol. The standard InChI is InChI=1S/C20H19ClFN3O5/c21-12-5-9(1-2-13(12)22)7-25-4-3-11-15(20(25)30)17(27)19(29)24-16(11)18(28)23-14-6-10(14)8-26/h1-2,5,10,14,26-27H,3-4,6-8H2,(H,23,28)(H,24,29)/t10-,14-/m1/s1. The summed E-state index contributed by atoms with van der Waals surface area (Å²) in [6, 6.07) is 3.91. The van der Waals surface area contributed by atoms with Gasteiger partial charge in [0.2, 0.25) is 0 Å². The maximum Gasteiger partial charge on any atom is 0.291 e. The minimum Gasteiger partial charge on any atom is -0.502 e. The van der Waals surface area contributed by atoms with Gasteiger partial charge in [0.05, 0.1) is 10.6 Å². The van der Waals surface area contributed by atoms with E-state index in [-0.39, 0.29) is 59.9 Å². The number of pyridine rings is 1. The van der Waals surface area contributed by atoms with Gasteiger partial charge < -0.3 is 25.4 Å². The average molecular weight is 436 g/mol. The number of H-pyrrole nitrogens is 1. The number of aromatic hydroxyl groups is 1. The third kappa shape index (κ3) is 3.66. The van der Waals surface area contributed by atoms with E-state index in [1.54, 1.807) is 0 Å². The van der Waals surface area contributed by atoms with Gasteiger partial charge in [0.25, 0.3) is 17.4 Å². The number of aliphatic hydroxyl groups is 1. The van der Waals surface area contributed by atoms with Crippen molar-refractivity contribution >= 4 is 23.4 Å². The van der Waals surface area contributed by atoms with Gasteiger partial charge in [0.15, 0.2) is 5.75 Å². The Kier molecular flexibility index (Phi) is 5.25. The number of carbonyl (C=O) groups excluding carboxylic acids is 2. The first-order valence-corrected chi connectivity index (χ1v) is 9.81. The van der Waals surface area contributed by atoms with Gasteiger partial charge in [-0.2, -0.15) is 0 Å². The topological polar surface area (TPSA) is 123 Å². The quantitative estimate of drug-likeness (QED) is 0.561. The molecule has 2 aliphatic rings. The zero-order chi connectivity index (χ0) is 21.6. The number of fused-ring (bicyclic) bond motifs is 1. The van der Waals surface area contributed by atoms with Gasteiger partial charge in [0, 0.05) is 31.7 Å². The fraction of sp³-hybridized carbons (Fsp3) is 0.350. The Morgan fingerprint density at radius 1 is 1.37 bits per heavy atom. The van der Waals surface area contributed by atoms with Gasteiger partial charge in [-0.05, 0) is 36.1 Å². The number of aromatic nitrogens is 1. The van der Waals surface area contributed by atoms with Crippen LogP contribution < -0.4 is 10.9 Å². The lowest BCUT2D eigenvalue weighted by molar-refractivity contribution is 0.0722. The molecule has 1 aliphatic heterocycles. The maximum absolute atomic E-state index is 13.4. The summed E-state index contributed by atoms with van der Waals surface area (Å²) in [6.07, 6.45) is 0.872. The molecule has 0 spiro atoms. The first-order chi connectivity index (χ1) is 14.3. The third-order valence-electron chi connectivity index (χ3n) is 5.48. The Balaban J connectivity index is 1.62. The van der Waals surface area contributed by atoms with E-state index < -0.39 is 28.9 Å². The van der Waals surface area contributed by atoms with Crippen molar-refractivity contribution in [3.05, 3.63) is 61.8 Å². The van der Waals surface area contributed by atoms with E-state index in [2.05, 4.69) is 10.3 Å². The molecule has 0 bridgehead atoms. The number of hydrogen-bond donors (Lipinski definition) is 4. The molecule has 0 saturated heterocycles. The monoisotopic (exact) mass is 435 g/mol. The van der Waals surface area contributed by atoms with Crippen LogP contribution in [0.15, 0.2) is 23.0 Å². The van der Waals surface area contributed by atoms with Crippen LogP contribution in [-0.4, -0.2) is 51.1 Å². The molecule has 0 radical (unpaired) electrons. The van der Waals surface area contributed by atoms with Crippen molar-refractivity contribution < 1.29 is 24.2 Å². The van der Waals surface area contributed by atoms with Crippen molar-refractivity contribution in [3.63, 3.8) is 0 Å². The fourth-order valence-corrected chi connectivity index (χ4v) is 3.89. The molecule has 1 aromatic heterocycles. The van der Waals surface area contributed by atoms with Crippen LogP contribution in [0.25, 0.3) is 0 Å². The fourth-order valence-electron chi connectivity index (χ4n) is 3.69. The molecule has 0 unspecified atom stereocenters. The number of hydrogen-bond acceptors (Lipinski definition) is 5. The summed E-state index contributed by atoms with van der Waals surface area (Å²) in [4.78, 5) is 41.5. The van der Waals surface area contributed by atoms with Crippen LogP contribution >= 0.6 is 11.6 Å². The molecule has 1 fully saturated rings. The van der Waals surface area contributed by atoms with E-state index in [1.165, 1.54) is 23.1 Å². The Labute approximate surface area is 175 Å². The summed E-state index contributed by atoms with van der Waals surface area (Å²) in [5.41, 5.74) is -0.353. The largest absolute Gasteiger partial charge is 0.502 e. The highest BCUT2D eigenvalue weighted by atomic mass is 35.5. The van der Waals surface area contributed by atoms with E-state index in [1.807, 2.05) is 0 Å². The first kappa shape index (κ1) is 20.4. The second-order valence-electron chi connectivity index (χ2n) is 7.51. The molecular weight excluding hydrogens is 417 g/mol. The number of aliphatic hydroxyl groups excluding tert-OH is 1. The molecule has 1 saturated carbocycles. The zero-order valence-corrected chi connectivity index (χ0v) is 16.5. The smallest absolute Gasteiger partial charge is 0.291 e. The van der Waals surface area contributed by atoms with E-state index >= 15 is 0 Å². The van der Waals surface area contributed by atoms with Crippen LogP contribution in [0, 0.1) is 11.7 Å². The number of benzene rings is 1.